The van der Waals surface area contributed by atoms with Gasteiger partial charge in [0.15, 0.2) is 0 Å². The molecule has 4 heteroatoms. The third-order valence-electron chi connectivity index (χ3n) is 4.16. The molecule has 21 heavy (non-hydrogen) atoms. The van der Waals surface area contributed by atoms with E-state index in [1.807, 2.05) is 51.1 Å². The number of benzene rings is 1. The summed E-state index contributed by atoms with van der Waals surface area (Å²) >= 11 is 0. The molecule has 0 bridgehead atoms. The van der Waals surface area contributed by atoms with Crippen molar-refractivity contribution in [2.45, 2.75) is 45.7 Å². The maximum atomic E-state index is 11.6. The predicted octanol–water partition coefficient (Wildman–Crippen LogP) is 3.28. The Balaban J connectivity index is 2.34. The average Bonchev–Trinajstić information content (AvgIpc) is 2.48. The molecule has 2 N–H and O–H groups in total. The maximum Gasteiger partial charge on any atom is 0.323 e. The van der Waals surface area contributed by atoms with Crippen molar-refractivity contribution < 1.29 is 9.90 Å². The predicted molar refractivity (Wildman–Crippen MR) is 84.3 cm³/mol. The number of nitrogens with zero attached hydrogens (tertiary/aromatic N) is 1. The second kappa shape index (κ2) is 6.22. The second-order valence-electron chi connectivity index (χ2n) is 5.39. The molecule has 2 rings (SSSR count). The Hall–Kier alpha value is -1.94. The number of aryl methyl sites for hydroxylation is 1. The van der Waals surface area contributed by atoms with Gasteiger partial charge in [-0.25, -0.2) is 0 Å². The van der Waals surface area contributed by atoms with E-state index in [1.165, 1.54) is 0 Å². The molecule has 0 amide bonds. The molecular formula is C17H22N2O2. The van der Waals surface area contributed by atoms with Gasteiger partial charge in [0.1, 0.15) is 5.54 Å². The average molecular weight is 286 g/mol. The van der Waals surface area contributed by atoms with Crippen molar-refractivity contribution in [3.05, 3.63) is 41.6 Å². The number of nitrogens with one attached hydrogen (secondary N) is 1. The van der Waals surface area contributed by atoms with Crippen LogP contribution in [-0.2, 0) is 11.3 Å². The molecule has 1 aromatic heterocycles. The quantitative estimate of drug-likeness (QED) is 0.855. The molecule has 0 fully saturated rings. The fraction of sp³-hybridized carbons (Fsp3) is 0.412. The largest absolute Gasteiger partial charge is 0.480 e. The van der Waals surface area contributed by atoms with Gasteiger partial charge in [0, 0.05) is 17.6 Å². The number of para-hydroxylation sites is 1. The number of carbonyl (C=O) groups is 1. The molecule has 0 spiro atoms. The van der Waals surface area contributed by atoms with Crippen molar-refractivity contribution in [1.29, 1.82) is 0 Å². The van der Waals surface area contributed by atoms with Gasteiger partial charge in [-0.3, -0.25) is 15.1 Å². The van der Waals surface area contributed by atoms with E-state index in [4.69, 9.17) is 0 Å². The summed E-state index contributed by atoms with van der Waals surface area (Å²) in [5, 5.41) is 13.8. The van der Waals surface area contributed by atoms with E-state index in [-0.39, 0.29) is 0 Å². The number of aliphatic carboxylic acids is 1. The summed E-state index contributed by atoms with van der Waals surface area (Å²) in [6, 6.07) is 9.97. The summed E-state index contributed by atoms with van der Waals surface area (Å²) in [5.41, 5.74) is 2.12. The lowest BCUT2D eigenvalue weighted by atomic mass is 9.92. The van der Waals surface area contributed by atoms with Crippen molar-refractivity contribution >= 4 is 16.9 Å². The molecule has 0 saturated carbocycles. The summed E-state index contributed by atoms with van der Waals surface area (Å²) in [5.74, 6) is -0.789. The van der Waals surface area contributed by atoms with Crippen LogP contribution in [0.4, 0.5) is 0 Å². The van der Waals surface area contributed by atoms with E-state index in [9.17, 15) is 9.90 Å². The minimum absolute atomic E-state index is 0.526. The molecule has 0 saturated heterocycles. The first-order chi connectivity index (χ1) is 10.0. The summed E-state index contributed by atoms with van der Waals surface area (Å²) in [4.78, 5) is 16.1. The van der Waals surface area contributed by atoms with Gasteiger partial charge in [-0.1, -0.05) is 32.0 Å². The van der Waals surface area contributed by atoms with Gasteiger partial charge in [-0.2, -0.15) is 0 Å². The van der Waals surface area contributed by atoms with Crippen LogP contribution >= 0.6 is 0 Å². The zero-order valence-corrected chi connectivity index (χ0v) is 12.8. The van der Waals surface area contributed by atoms with Gasteiger partial charge in [0.2, 0.25) is 0 Å². The van der Waals surface area contributed by atoms with E-state index in [0.717, 1.165) is 22.2 Å². The highest BCUT2D eigenvalue weighted by molar-refractivity contribution is 5.82. The molecule has 0 aliphatic rings. The fourth-order valence-corrected chi connectivity index (χ4v) is 2.68. The molecule has 0 aliphatic carbocycles. The number of aromatic nitrogens is 1. The van der Waals surface area contributed by atoms with Crippen LogP contribution in [-0.4, -0.2) is 21.6 Å². The molecule has 1 heterocycles. The van der Waals surface area contributed by atoms with E-state index >= 15 is 0 Å². The molecular weight excluding hydrogens is 264 g/mol. The number of hydrogen-bond acceptors (Lipinski definition) is 3. The smallest absolute Gasteiger partial charge is 0.323 e. The Morgan fingerprint density at radius 3 is 2.57 bits per heavy atom. The summed E-state index contributed by atoms with van der Waals surface area (Å²) in [6.45, 7) is 6.29. The van der Waals surface area contributed by atoms with E-state index in [0.29, 0.717) is 19.4 Å². The van der Waals surface area contributed by atoms with Gasteiger partial charge in [0.25, 0.3) is 0 Å². The Kier molecular flexibility index (Phi) is 4.58. The molecule has 2 aromatic rings. The number of fused-ring (bicyclic) bond motifs is 1. The number of pyridine rings is 1. The molecule has 0 aliphatic heterocycles. The van der Waals surface area contributed by atoms with Crippen LogP contribution in [0.15, 0.2) is 30.3 Å². The van der Waals surface area contributed by atoms with Crippen LogP contribution in [0.2, 0.25) is 0 Å². The van der Waals surface area contributed by atoms with Crippen LogP contribution in [0.3, 0.4) is 0 Å². The molecule has 0 unspecified atom stereocenters. The van der Waals surface area contributed by atoms with E-state index in [1.54, 1.807) is 0 Å². The van der Waals surface area contributed by atoms with Gasteiger partial charge < -0.3 is 5.11 Å². The molecule has 1 aromatic carbocycles. The number of carboxylic acids is 1. The van der Waals surface area contributed by atoms with E-state index < -0.39 is 11.5 Å². The Labute approximate surface area is 125 Å². The van der Waals surface area contributed by atoms with Crippen molar-refractivity contribution in [2.75, 3.05) is 0 Å². The zero-order valence-electron chi connectivity index (χ0n) is 12.8. The Morgan fingerprint density at radius 2 is 1.95 bits per heavy atom. The zero-order chi connectivity index (χ0) is 15.5. The number of rotatable bonds is 6. The molecule has 4 nitrogen and oxygen atoms in total. The summed E-state index contributed by atoms with van der Waals surface area (Å²) < 4.78 is 0. The monoisotopic (exact) mass is 286 g/mol. The SMILES string of the molecule is CCC(CC)(NCc1cc(C)nc2ccccc12)C(=O)O. The van der Waals surface area contributed by atoms with Gasteiger partial charge in [-0.05, 0) is 37.5 Å². The van der Waals surface area contributed by atoms with Crippen LogP contribution in [0.1, 0.15) is 37.9 Å². The Bertz CT molecular complexity index is 648. The second-order valence-corrected chi connectivity index (χ2v) is 5.39. The van der Waals surface area contributed by atoms with Crippen molar-refractivity contribution in [3.8, 4) is 0 Å². The van der Waals surface area contributed by atoms with Crippen LogP contribution in [0.25, 0.3) is 10.9 Å². The van der Waals surface area contributed by atoms with Crippen LogP contribution in [0, 0.1) is 6.92 Å². The van der Waals surface area contributed by atoms with Crippen molar-refractivity contribution in [2.24, 2.45) is 0 Å². The topological polar surface area (TPSA) is 62.2 Å². The lowest BCUT2D eigenvalue weighted by Gasteiger charge is -2.28. The standard InChI is InChI=1S/C17H22N2O2/c1-4-17(5-2,16(20)21)18-11-13-10-12(3)19-15-9-7-6-8-14(13)15/h6-10,18H,4-5,11H2,1-3H3,(H,20,21). The molecule has 112 valence electrons. The first-order valence-corrected chi connectivity index (χ1v) is 7.36. The molecule has 0 atom stereocenters. The highest BCUT2D eigenvalue weighted by Gasteiger charge is 2.34. The minimum atomic E-state index is -0.863. The lowest BCUT2D eigenvalue weighted by Crippen LogP contribution is -2.50. The van der Waals surface area contributed by atoms with E-state index in [2.05, 4.69) is 10.3 Å². The van der Waals surface area contributed by atoms with Crippen molar-refractivity contribution in [1.82, 2.24) is 10.3 Å². The molecule has 0 radical (unpaired) electrons. The van der Waals surface area contributed by atoms with Gasteiger partial charge in [-0.15, -0.1) is 0 Å². The van der Waals surface area contributed by atoms with Gasteiger partial charge in [0.05, 0.1) is 5.52 Å². The Morgan fingerprint density at radius 1 is 1.29 bits per heavy atom. The third kappa shape index (κ3) is 3.05. The number of carboxylic acid groups (broad SMARTS) is 1. The third-order valence-corrected chi connectivity index (χ3v) is 4.16. The highest BCUT2D eigenvalue weighted by atomic mass is 16.4. The maximum absolute atomic E-state index is 11.6. The van der Waals surface area contributed by atoms with Crippen molar-refractivity contribution in [3.63, 3.8) is 0 Å². The first kappa shape index (κ1) is 15.4. The van der Waals surface area contributed by atoms with Gasteiger partial charge >= 0.3 is 5.97 Å². The first-order valence-electron chi connectivity index (χ1n) is 7.36. The summed E-state index contributed by atoms with van der Waals surface area (Å²) in [6.07, 6.45) is 1.11. The van der Waals surface area contributed by atoms with Crippen LogP contribution < -0.4 is 5.32 Å². The fourth-order valence-electron chi connectivity index (χ4n) is 2.68. The van der Waals surface area contributed by atoms with Crippen LogP contribution in [0.5, 0.6) is 0 Å². The highest BCUT2D eigenvalue weighted by Crippen LogP contribution is 2.21. The summed E-state index contributed by atoms with van der Waals surface area (Å²) in [7, 11) is 0. The number of hydrogen-bond donors (Lipinski definition) is 2. The normalized spacial score (nSPS) is 11.8. The minimum Gasteiger partial charge on any atom is -0.480 e. The lowest BCUT2D eigenvalue weighted by molar-refractivity contribution is -0.145.